The van der Waals surface area contributed by atoms with Crippen LogP contribution in [0, 0.1) is 5.82 Å². The van der Waals surface area contributed by atoms with E-state index >= 15 is 0 Å². The number of H-pyrrole nitrogens is 1. The molecule has 2 N–H and O–H groups in total. The predicted molar refractivity (Wildman–Crippen MR) is 114 cm³/mol. The monoisotopic (exact) mass is 406 g/mol. The summed E-state index contributed by atoms with van der Waals surface area (Å²) in [5.74, 6) is 1.20. The lowest BCUT2D eigenvalue weighted by Crippen LogP contribution is -2.12. The Morgan fingerprint density at radius 2 is 2.07 bits per heavy atom. The highest BCUT2D eigenvalue weighted by molar-refractivity contribution is 5.93. The smallest absolute Gasteiger partial charge is 0.224 e. The normalized spacial score (nSPS) is 11.1. The van der Waals surface area contributed by atoms with Gasteiger partial charge in [-0.05, 0) is 36.8 Å². The van der Waals surface area contributed by atoms with Crippen molar-refractivity contribution in [3.8, 4) is 11.3 Å². The first-order chi connectivity index (χ1) is 14.6. The highest BCUT2D eigenvalue weighted by Crippen LogP contribution is 2.24. The minimum Gasteiger partial charge on any atom is -0.441 e. The maximum atomic E-state index is 13.9. The fourth-order valence-corrected chi connectivity index (χ4v) is 3.26. The number of rotatable bonds is 8. The molecule has 0 saturated carbocycles. The number of imidazole rings is 1. The number of anilines is 1. The minimum atomic E-state index is -0.370. The molecular weight excluding hydrogens is 383 g/mol. The molecule has 6 nitrogen and oxygen atoms in total. The van der Waals surface area contributed by atoms with Gasteiger partial charge in [-0.25, -0.2) is 14.4 Å². The predicted octanol–water partition coefficient (Wildman–Crippen LogP) is 5.27. The summed E-state index contributed by atoms with van der Waals surface area (Å²) in [5.41, 5.74) is 2.85. The van der Waals surface area contributed by atoms with E-state index < -0.39 is 0 Å². The lowest BCUT2D eigenvalue weighted by molar-refractivity contribution is -0.116. The number of carbonyl (C=O) groups excluding carboxylic acids is 1. The van der Waals surface area contributed by atoms with Gasteiger partial charge < -0.3 is 14.7 Å². The summed E-state index contributed by atoms with van der Waals surface area (Å²) < 4.78 is 19.5. The largest absolute Gasteiger partial charge is 0.441 e. The van der Waals surface area contributed by atoms with Crippen LogP contribution in [-0.2, 0) is 17.6 Å². The average molecular weight is 406 g/mol. The molecule has 0 saturated heterocycles. The van der Waals surface area contributed by atoms with Crippen molar-refractivity contribution in [1.29, 1.82) is 0 Å². The second-order valence-corrected chi connectivity index (χ2v) is 7.17. The van der Waals surface area contributed by atoms with Crippen molar-refractivity contribution in [2.75, 3.05) is 5.32 Å². The van der Waals surface area contributed by atoms with E-state index in [1.165, 1.54) is 12.3 Å². The summed E-state index contributed by atoms with van der Waals surface area (Å²) in [6.07, 6.45) is 5.13. The average Bonchev–Trinajstić information content (AvgIpc) is 3.37. The molecule has 7 heteroatoms. The third kappa shape index (κ3) is 4.56. The minimum absolute atomic E-state index is 0.147. The van der Waals surface area contributed by atoms with E-state index in [1.807, 2.05) is 18.2 Å². The first kappa shape index (κ1) is 19.8. The number of halogens is 1. The molecule has 0 unspecified atom stereocenters. The number of amides is 1. The van der Waals surface area contributed by atoms with Crippen molar-refractivity contribution in [3.05, 3.63) is 66.2 Å². The van der Waals surface area contributed by atoms with Gasteiger partial charge in [0, 0.05) is 24.9 Å². The van der Waals surface area contributed by atoms with Gasteiger partial charge in [0.2, 0.25) is 5.91 Å². The molecule has 4 rings (SSSR count). The van der Waals surface area contributed by atoms with Crippen molar-refractivity contribution < 1.29 is 13.6 Å². The molecule has 154 valence electrons. The topological polar surface area (TPSA) is 83.8 Å². The van der Waals surface area contributed by atoms with Gasteiger partial charge in [0.25, 0.3) is 0 Å². The van der Waals surface area contributed by atoms with Crippen LogP contribution >= 0.6 is 0 Å². The van der Waals surface area contributed by atoms with Crippen molar-refractivity contribution in [1.82, 2.24) is 15.0 Å². The van der Waals surface area contributed by atoms with Gasteiger partial charge in [0.1, 0.15) is 11.6 Å². The Kier molecular flexibility index (Phi) is 5.88. The second kappa shape index (κ2) is 8.90. The Morgan fingerprint density at radius 1 is 1.20 bits per heavy atom. The summed E-state index contributed by atoms with van der Waals surface area (Å²) in [6, 6.07) is 12.0. The fourth-order valence-electron chi connectivity index (χ4n) is 3.26. The van der Waals surface area contributed by atoms with Crippen LogP contribution in [0.25, 0.3) is 22.4 Å². The van der Waals surface area contributed by atoms with Crippen molar-refractivity contribution in [3.63, 3.8) is 0 Å². The number of hydrogen-bond donors (Lipinski definition) is 2. The van der Waals surface area contributed by atoms with Crippen molar-refractivity contribution in [2.24, 2.45) is 0 Å². The molecule has 2 heterocycles. The van der Waals surface area contributed by atoms with Crippen LogP contribution in [0.15, 0.2) is 53.1 Å². The Labute approximate surface area is 173 Å². The number of unbranched alkanes of at least 4 members (excludes halogenated alkanes) is 1. The number of hydrogen-bond acceptors (Lipinski definition) is 4. The Bertz CT molecular complexity index is 1160. The number of oxazole rings is 1. The number of nitrogens with one attached hydrogen (secondary N) is 2. The van der Waals surface area contributed by atoms with Crippen LogP contribution < -0.4 is 5.32 Å². The fraction of sp³-hybridized carbons (Fsp3) is 0.261. The molecule has 0 aliphatic carbocycles. The van der Waals surface area contributed by atoms with Gasteiger partial charge in [0.05, 0.1) is 22.8 Å². The number of fused-ring (bicyclic) bond motifs is 1. The summed E-state index contributed by atoms with van der Waals surface area (Å²) in [6.45, 7) is 2.15. The van der Waals surface area contributed by atoms with Gasteiger partial charge in [-0.2, -0.15) is 0 Å². The van der Waals surface area contributed by atoms with Crippen molar-refractivity contribution in [2.45, 2.75) is 39.0 Å². The molecule has 0 fully saturated rings. The highest BCUT2D eigenvalue weighted by atomic mass is 19.1. The van der Waals surface area contributed by atoms with E-state index in [9.17, 15) is 9.18 Å². The molecule has 0 aliphatic heterocycles. The standard InChI is InChI=1S/C23H23FN4O2/c1-2-3-8-21-27-18-10-9-15(13-19(18)28-21)26-22(29)11-12-23-25-14-20(30-23)16-6-4-5-7-17(16)24/h4-7,9-10,13-14H,2-3,8,11-12H2,1H3,(H,26,29)(H,27,28). The third-order valence-electron chi connectivity index (χ3n) is 4.84. The van der Waals surface area contributed by atoms with E-state index in [0.717, 1.165) is 36.1 Å². The van der Waals surface area contributed by atoms with Gasteiger partial charge in [-0.3, -0.25) is 4.79 Å². The Hall–Kier alpha value is -3.48. The Morgan fingerprint density at radius 3 is 2.90 bits per heavy atom. The molecule has 2 aromatic carbocycles. The zero-order valence-corrected chi connectivity index (χ0v) is 16.7. The third-order valence-corrected chi connectivity index (χ3v) is 4.84. The molecule has 0 spiro atoms. The molecule has 30 heavy (non-hydrogen) atoms. The van der Waals surface area contributed by atoms with Gasteiger partial charge in [-0.1, -0.05) is 25.5 Å². The Balaban J connectivity index is 1.35. The summed E-state index contributed by atoms with van der Waals surface area (Å²) >= 11 is 0. The van der Waals surface area contributed by atoms with Crippen LogP contribution in [-0.4, -0.2) is 20.9 Å². The van der Waals surface area contributed by atoms with E-state index in [2.05, 4.69) is 27.2 Å². The van der Waals surface area contributed by atoms with Crippen LogP contribution in [0.4, 0.5) is 10.1 Å². The lowest BCUT2D eigenvalue weighted by Gasteiger charge is -2.04. The van der Waals surface area contributed by atoms with E-state index in [4.69, 9.17) is 4.42 Å². The maximum absolute atomic E-state index is 13.9. The molecular formula is C23H23FN4O2. The SMILES string of the molecule is CCCCc1nc2ccc(NC(=O)CCc3ncc(-c4ccccc4F)o3)cc2[nH]1. The number of aryl methyl sites for hydroxylation is 2. The lowest BCUT2D eigenvalue weighted by atomic mass is 10.2. The van der Waals surface area contributed by atoms with Crippen LogP contribution in [0.5, 0.6) is 0 Å². The van der Waals surface area contributed by atoms with Gasteiger partial charge in [-0.15, -0.1) is 0 Å². The van der Waals surface area contributed by atoms with Crippen LogP contribution in [0.1, 0.15) is 37.9 Å². The molecule has 0 radical (unpaired) electrons. The van der Waals surface area contributed by atoms with Crippen molar-refractivity contribution >= 4 is 22.6 Å². The molecule has 0 bridgehead atoms. The first-order valence-electron chi connectivity index (χ1n) is 10.1. The van der Waals surface area contributed by atoms with Crippen LogP contribution in [0.2, 0.25) is 0 Å². The van der Waals surface area contributed by atoms with Gasteiger partial charge >= 0.3 is 0 Å². The van der Waals surface area contributed by atoms with Gasteiger partial charge in [0.15, 0.2) is 11.7 Å². The van der Waals surface area contributed by atoms with Crippen LogP contribution in [0.3, 0.4) is 0 Å². The summed E-state index contributed by atoms with van der Waals surface area (Å²) in [5, 5.41) is 2.89. The molecule has 2 aromatic heterocycles. The first-order valence-corrected chi connectivity index (χ1v) is 10.1. The zero-order chi connectivity index (χ0) is 20.9. The van der Waals surface area contributed by atoms with E-state index in [0.29, 0.717) is 29.3 Å². The van der Waals surface area contributed by atoms with E-state index in [1.54, 1.807) is 18.2 Å². The van der Waals surface area contributed by atoms with E-state index in [-0.39, 0.29) is 18.1 Å². The number of aromatic nitrogens is 3. The summed E-state index contributed by atoms with van der Waals surface area (Å²) in [7, 11) is 0. The summed E-state index contributed by atoms with van der Waals surface area (Å²) in [4.78, 5) is 24.4. The number of aromatic amines is 1. The molecule has 0 aliphatic rings. The molecule has 1 amide bonds. The highest BCUT2D eigenvalue weighted by Gasteiger charge is 2.12. The zero-order valence-electron chi connectivity index (χ0n) is 16.7. The maximum Gasteiger partial charge on any atom is 0.224 e. The molecule has 4 aromatic rings. The number of nitrogens with zero attached hydrogens (tertiary/aromatic N) is 2. The second-order valence-electron chi connectivity index (χ2n) is 7.17. The number of carbonyl (C=O) groups is 1. The molecule has 0 atom stereocenters. The quantitative estimate of drug-likeness (QED) is 0.417. The number of benzene rings is 2.